The molecule has 0 radical (unpaired) electrons. The Labute approximate surface area is 99.6 Å². The first-order valence-corrected chi connectivity index (χ1v) is 5.74. The van der Waals surface area contributed by atoms with Crippen molar-refractivity contribution in [3.8, 4) is 0 Å². The molecule has 17 heavy (non-hydrogen) atoms. The number of carboxylic acids is 1. The SMILES string of the molecule is O=C(O)c1ccnnc1NCCC1=CCCC1. The molecule has 0 fully saturated rings. The van der Waals surface area contributed by atoms with E-state index in [0.717, 1.165) is 12.8 Å². The number of nitrogens with one attached hydrogen (secondary N) is 1. The van der Waals surface area contributed by atoms with Crippen molar-refractivity contribution in [2.45, 2.75) is 25.7 Å². The Morgan fingerprint density at radius 3 is 3.12 bits per heavy atom. The summed E-state index contributed by atoms with van der Waals surface area (Å²) in [6.07, 6.45) is 8.15. The van der Waals surface area contributed by atoms with Gasteiger partial charge in [-0.3, -0.25) is 0 Å². The molecule has 0 spiro atoms. The van der Waals surface area contributed by atoms with Crippen LogP contribution in [0.3, 0.4) is 0 Å². The van der Waals surface area contributed by atoms with Gasteiger partial charge in [-0.05, 0) is 31.7 Å². The van der Waals surface area contributed by atoms with Crippen LogP contribution in [0.15, 0.2) is 23.9 Å². The van der Waals surface area contributed by atoms with Gasteiger partial charge in [-0.15, -0.1) is 5.10 Å². The Morgan fingerprint density at radius 1 is 1.53 bits per heavy atom. The van der Waals surface area contributed by atoms with Gasteiger partial charge in [0.05, 0.1) is 6.20 Å². The van der Waals surface area contributed by atoms with Crippen LogP contribution in [0.5, 0.6) is 0 Å². The van der Waals surface area contributed by atoms with Crippen molar-refractivity contribution >= 4 is 11.8 Å². The third-order valence-corrected chi connectivity index (χ3v) is 2.82. The van der Waals surface area contributed by atoms with Gasteiger partial charge in [-0.2, -0.15) is 5.10 Å². The molecule has 0 amide bonds. The van der Waals surface area contributed by atoms with Gasteiger partial charge in [0, 0.05) is 6.54 Å². The number of hydrogen-bond donors (Lipinski definition) is 2. The van der Waals surface area contributed by atoms with E-state index in [-0.39, 0.29) is 5.56 Å². The first-order valence-electron chi connectivity index (χ1n) is 5.74. The van der Waals surface area contributed by atoms with Crippen molar-refractivity contribution in [2.24, 2.45) is 0 Å². The highest BCUT2D eigenvalue weighted by molar-refractivity contribution is 5.92. The van der Waals surface area contributed by atoms with Crippen LogP contribution >= 0.6 is 0 Å². The fourth-order valence-corrected chi connectivity index (χ4v) is 1.94. The molecular weight excluding hydrogens is 218 g/mol. The number of allylic oxidation sites excluding steroid dienone is 1. The standard InChI is InChI=1S/C12H15N3O2/c16-12(17)10-6-8-14-15-11(10)13-7-5-9-3-1-2-4-9/h3,6,8H,1-2,4-5,7H2,(H,13,15)(H,16,17). The smallest absolute Gasteiger partial charge is 0.339 e. The molecule has 90 valence electrons. The summed E-state index contributed by atoms with van der Waals surface area (Å²) in [6.45, 7) is 0.699. The van der Waals surface area contributed by atoms with Gasteiger partial charge in [0.15, 0.2) is 5.82 Å². The molecule has 5 nitrogen and oxygen atoms in total. The Morgan fingerprint density at radius 2 is 2.41 bits per heavy atom. The lowest BCUT2D eigenvalue weighted by molar-refractivity contribution is 0.0697. The fraction of sp³-hybridized carbons (Fsp3) is 0.417. The van der Waals surface area contributed by atoms with Crippen molar-refractivity contribution in [1.29, 1.82) is 0 Å². The van der Waals surface area contributed by atoms with Crippen LogP contribution in [-0.2, 0) is 0 Å². The van der Waals surface area contributed by atoms with Crippen LogP contribution in [0.1, 0.15) is 36.0 Å². The normalized spacial score (nSPS) is 14.5. The number of nitrogens with zero attached hydrogens (tertiary/aromatic N) is 2. The summed E-state index contributed by atoms with van der Waals surface area (Å²) in [7, 11) is 0. The van der Waals surface area contributed by atoms with Crippen molar-refractivity contribution in [3.05, 3.63) is 29.5 Å². The van der Waals surface area contributed by atoms with Gasteiger partial charge >= 0.3 is 5.97 Å². The first-order chi connectivity index (χ1) is 8.27. The van der Waals surface area contributed by atoms with Crippen molar-refractivity contribution < 1.29 is 9.90 Å². The molecule has 0 saturated heterocycles. The third kappa shape index (κ3) is 3.03. The van der Waals surface area contributed by atoms with Gasteiger partial charge in [0.1, 0.15) is 5.56 Å². The topological polar surface area (TPSA) is 75.1 Å². The van der Waals surface area contributed by atoms with Crippen LogP contribution < -0.4 is 5.32 Å². The first kappa shape index (κ1) is 11.6. The number of carbonyl (C=O) groups is 1. The summed E-state index contributed by atoms with van der Waals surface area (Å²) in [5, 5.41) is 19.5. The average molecular weight is 233 g/mol. The maximum absolute atomic E-state index is 10.9. The molecule has 1 aliphatic rings. The van der Waals surface area contributed by atoms with E-state index in [2.05, 4.69) is 21.6 Å². The highest BCUT2D eigenvalue weighted by Gasteiger charge is 2.11. The maximum Gasteiger partial charge on any atom is 0.339 e. The second-order valence-electron chi connectivity index (χ2n) is 4.03. The lowest BCUT2D eigenvalue weighted by atomic mass is 10.1. The van der Waals surface area contributed by atoms with E-state index in [1.807, 2.05) is 0 Å². The zero-order chi connectivity index (χ0) is 12.1. The number of aromatic carboxylic acids is 1. The van der Waals surface area contributed by atoms with E-state index in [1.165, 1.54) is 30.7 Å². The van der Waals surface area contributed by atoms with E-state index in [0.29, 0.717) is 12.4 Å². The summed E-state index contributed by atoms with van der Waals surface area (Å²) >= 11 is 0. The molecule has 2 N–H and O–H groups in total. The zero-order valence-corrected chi connectivity index (χ0v) is 9.52. The number of anilines is 1. The van der Waals surface area contributed by atoms with Gasteiger partial charge in [0.25, 0.3) is 0 Å². The van der Waals surface area contributed by atoms with Gasteiger partial charge in [-0.25, -0.2) is 4.79 Å². The quantitative estimate of drug-likeness (QED) is 0.761. The molecule has 0 aromatic carbocycles. The minimum Gasteiger partial charge on any atom is -0.478 e. The molecule has 2 rings (SSSR count). The molecule has 1 aromatic rings. The molecule has 0 saturated carbocycles. The summed E-state index contributed by atoms with van der Waals surface area (Å²) in [5.74, 6) is -0.638. The Bertz CT molecular complexity index is 443. The van der Waals surface area contributed by atoms with E-state index >= 15 is 0 Å². The van der Waals surface area contributed by atoms with Crippen LogP contribution in [0.4, 0.5) is 5.82 Å². The molecular formula is C12H15N3O2. The van der Waals surface area contributed by atoms with Crippen molar-refractivity contribution in [2.75, 3.05) is 11.9 Å². The van der Waals surface area contributed by atoms with Crippen LogP contribution in [-0.4, -0.2) is 27.8 Å². The Kier molecular flexibility index (Phi) is 3.69. The second kappa shape index (κ2) is 5.43. The number of aromatic nitrogens is 2. The lowest BCUT2D eigenvalue weighted by Gasteiger charge is -2.07. The van der Waals surface area contributed by atoms with Gasteiger partial charge in [0.2, 0.25) is 0 Å². The molecule has 1 aromatic heterocycles. The summed E-state index contributed by atoms with van der Waals surface area (Å²) in [6, 6.07) is 1.45. The van der Waals surface area contributed by atoms with E-state index in [1.54, 1.807) is 0 Å². The van der Waals surface area contributed by atoms with E-state index in [4.69, 9.17) is 5.11 Å². The highest BCUT2D eigenvalue weighted by atomic mass is 16.4. The van der Waals surface area contributed by atoms with Crippen LogP contribution in [0.25, 0.3) is 0 Å². The fourth-order valence-electron chi connectivity index (χ4n) is 1.94. The highest BCUT2D eigenvalue weighted by Crippen LogP contribution is 2.20. The molecule has 0 atom stereocenters. The van der Waals surface area contributed by atoms with Crippen LogP contribution in [0.2, 0.25) is 0 Å². The summed E-state index contributed by atoms with van der Waals surface area (Å²) in [5.41, 5.74) is 1.61. The molecule has 1 heterocycles. The van der Waals surface area contributed by atoms with E-state index in [9.17, 15) is 4.79 Å². The Balaban J connectivity index is 1.92. The van der Waals surface area contributed by atoms with E-state index < -0.39 is 5.97 Å². The lowest BCUT2D eigenvalue weighted by Crippen LogP contribution is -2.10. The number of carboxylic acid groups (broad SMARTS) is 1. The Hall–Kier alpha value is -1.91. The van der Waals surface area contributed by atoms with Gasteiger partial charge in [-0.1, -0.05) is 11.6 Å². The third-order valence-electron chi connectivity index (χ3n) is 2.82. The zero-order valence-electron chi connectivity index (χ0n) is 9.52. The predicted molar refractivity (Wildman–Crippen MR) is 64.0 cm³/mol. The predicted octanol–water partition coefficient (Wildman–Crippen LogP) is 2.09. The number of hydrogen-bond acceptors (Lipinski definition) is 4. The van der Waals surface area contributed by atoms with Crippen molar-refractivity contribution in [1.82, 2.24) is 10.2 Å². The maximum atomic E-state index is 10.9. The van der Waals surface area contributed by atoms with Gasteiger partial charge < -0.3 is 10.4 Å². The monoisotopic (exact) mass is 233 g/mol. The summed E-state index contributed by atoms with van der Waals surface area (Å²) in [4.78, 5) is 10.9. The largest absolute Gasteiger partial charge is 0.478 e. The molecule has 0 aliphatic heterocycles. The van der Waals surface area contributed by atoms with Crippen LogP contribution in [0, 0.1) is 0 Å². The second-order valence-corrected chi connectivity index (χ2v) is 4.03. The summed E-state index contributed by atoms with van der Waals surface area (Å²) < 4.78 is 0. The molecule has 5 heteroatoms. The average Bonchev–Trinajstić information content (AvgIpc) is 2.82. The molecule has 0 bridgehead atoms. The molecule has 0 unspecified atom stereocenters. The number of rotatable bonds is 5. The molecule has 1 aliphatic carbocycles. The minimum atomic E-state index is -0.984. The minimum absolute atomic E-state index is 0.167. The van der Waals surface area contributed by atoms with Crippen molar-refractivity contribution in [3.63, 3.8) is 0 Å².